The van der Waals surface area contributed by atoms with Crippen molar-refractivity contribution in [3.05, 3.63) is 24.3 Å². The Balaban J connectivity index is 1.80. The molecule has 1 aliphatic rings. The third-order valence-electron chi connectivity index (χ3n) is 3.72. The van der Waals surface area contributed by atoms with E-state index in [4.69, 9.17) is 5.73 Å². The minimum atomic E-state index is -3.41. The van der Waals surface area contributed by atoms with Crippen molar-refractivity contribution in [2.75, 3.05) is 12.3 Å². The molecule has 0 amide bonds. The summed E-state index contributed by atoms with van der Waals surface area (Å²) in [5.74, 6) is 0.803. The van der Waals surface area contributed by atoms with Gasteiger partial charge in [0, 0.05) is 12.2 Å². The van der Waals surface area contributed by atoms with E-state index in [1.807, 2.05) is 0 Å². The van der Waals surface area contributed by atoms with Crippen molar-refractivity contribution < 1.29 is 8.42 Å². The summed E-state index contributed by atoms with van der Waals surface area (Å²) < 4.78 is 26.7. The minimum Gasteiger partial charge on any atom is -0.399 e. The summed E-state index contributed by atoms with van der Waals surface area (Å²) in [6.45, 7) is 0.508. The van der Waals surface area contributed by atoms with E-state index in [-0.39, 0.29) is 4.90 Å². The van der Waals surface area contributed by atoms with E-state index in [9.17, 15) is 8.42 Å². The SMILES string of the molecule is Nc1cccc(S(=O)(=O)NCCCC2CCCC2)c1. The highest BCUT2D eigenvalue weighted by Gasteiger charge is 2.16. The standard InChI is InChI=1S/C14H22N2O2S/c15-13-8-3-9-14(11-13)19(17,18)16-10-4-7-12-5-1-2-6-12/h3,8-9,11-12,16H,1-2,4-7,10,15H2. The van der Waals surface area contributed by atoms with E-state index in [0.717, 1.165) is 18.8 Å². The summed E-state index contributed by atoms with van der Waals surface area (Å²) >= 11 is 0. The van der Waals surface area contributed by atoms with Gasteiger partial charge >= 0.3 is 0 Å². The molecule has 0 atom stereocenters. The van der Waals surface area contributed by atoms with Crippen LogP contribution in [0, 0.1) is 5.92 Å². The average Bonchev–Trinajstić information content (AvgIpc) is 2.88. The summed E-state index contributed by atoms with van der Waals surface area (Å²) in [4.78, 5) is 0.244. The number of hydrogen-bond donors (Lipinski definition) is 2. The number of benzene rings is 1. The number of rotatable bonds is 6. The number of nitrogens with one attached hydrogen (secondary N) is 1. The lowest BCUT2D eigenvalue weighted by atomic mass is 10.0. The van der Waals surface area contributed by atoms with Gasteiger partial charge in [0.2, 0.25) is 10.0 Å². The molecule has 1 aliphatic carbocycles. The van der Waals surface area contributed by atoms with Gasteiger partial charge in [0.25, 0.3) is 0 Å². The molecule has 0 heterocycles. The van der Waals surface area contributed by atoms with Crippen LogP contribution in [0.25, 0.3) is 0 Å². The van der Waals surface area contributed by atoms with Crippen LogP contribution in [0.15, 0.2) is 29.2 Å². The molecule has 4 nitrogen and oxygen atoms in total. The third-order valence-corrected chi connectivity index (χ3v) is 5.18. The highest BCUT2D eigenvalue weighted by molar-refractivity contribution is 7.89. The first-order chi connectivity index (χ1) is 9.08. The summed E-state index contributed by atoms with van der Waals surface area (Å²) in [6.07, 6.45) is 7.31. The summed E-state index contributed by atoms with van der Waals surface area (Å²) in [5.41, 5.74) is 6.07. The van der Waals surface area contributed by atoms with Gasteiger partial charge in [-0.1, -0.05) is 31.7 Å². The Morgan fingerprint density at radius 3 is 2.68 bits per heavy atom. The molecule has 0 aromatic heterocycles. The first-order valence-electron chi connectivity index (χ1n) is 6.93. The van der Waals surface area contributed by atoms with E-state index in [1.54, 1.807) is 18.2 Å². The third kappa shape index (κ3) is 4.21. The van der Waals surface area contributed by atoms with Gasteiger partial charge < -0.3 is 5.73 Å². The quantitative estimate of drug-likeness (QED) is 0.622. The zero-order valence-electron chi connectivity index (χ0n) is 11.1. The fourth-order valence-corrected chi connectivity index (χ4v) is 3.79. The van der Waals surface area contributed by atoms with Crippen LogP contribution in [0.2, 0.25) is 0 Å². The van der Waals surface area contributed by atoms with Crippen LogP contribution in [0.4, 0.5) is 5.69 Å². The second kappa shape index (κ2) is 6.39. The maximum atomic E-state index is 12.0. The Bertz CT molecular complexity index is 508. The zero-order valence-corrected chi connectivity index (χ0v) is 12.0. The largest absolute Gasteiger partial charge is 0.399 e. The molecule has 19 heavy (non-hydrogen) atoms. The molecular formula is C14H22N2O2S. The molecule has 2 rings (SSSR count). The van der Waals surface area contributed by atoms with Crippen LogP contribution in [0.5, 0.6) is 0 Å². The molecule has 1 saturated carbocycles. The lowest BCUT2D eigenvalue weighted by Crippen LogP contribution is -2.25. The van der Waals surface area contributed by atoms with Gasteiger partial charge in [-0.15, -0.1) is 0 Å². The predicted molar refractivity (Wildman–Crippen MR) is 77.2 cm³/mol. The first kappa shape index (κ1) is 14.3. The molecule has 0 bridgehead atoms. The normalized spacial score (nSPS) is 16.8. The predicted octanol–water partition coefficient (Wildman–Crippen LogP) is 2.52. The van der Waals surface area contributed by atoms with Crippen molar-refractivity contribution in [2.24, 2.45) is 5.92 Å². The van der Waals surface area contributed by atoms with Gasteiger partial charge in [0.15, 0.2) is 0 Å². The van der Waals surface area contributed by atoms with Crippen molar-refractivity contribution in [3.8, 4) is 0 Å². The molecule has 3 N–H and O–H groups in total. The van der Waals surface area contributed by atoms with E-state index < -0.39 is 10.0 Å². The maximum absolute atomic E-state index is 12.0. The molecule has 1 aromatic carbocycles. The Morgan fingerprint density at radius 2 is 2.00 bits per heavy atom. The number of nitrogens with two attached hydrogens (primary N) is 1. The molecule has 1 aromatic rings. The molecule has 1 fully saturated rings. The number of anilines is 1. The van der Waals surface area contributed by atoms with Crippen molar-refractivity contribution in [3.63, 3.8) is 0 Å². The van der Waals surface area contributed by atoms with Gasteiger partial charge in [-0.05, 0) is 37.0 Å². The molecule has 0 radical (unpaired) electrons. The fourth-order valence-electron chi connectivity index (χ4n) is 2.66. The number of sulfonamides is 1. The van der Waals surface area contributed by atoms with Gasteiger partial charge in [-0.3, -0.25) is 0 Å². The van der Waals surface area contributed by atoms with Crippen LogP contribution >= 0.6 is 0 Å². The van der Waals surface area contributed by atoms with Gasteiger partial charge in [-0.25, -0.2) is 13.1 Å². The van der Waals surface area contributed by atoms with E-state index in [2.05, 4.69) is 4.72 Å². The topological polar surface area (TPSA) is 72.2 Å². The van der Waals surface area contributed by atoms with E-state index in [0.29, 0.717) is 12.2 Å². The Morgan fingerprint density at radius 1 is 1.26 bits per heavy atom. The Labute approximate surface area is 115 Å². The van der Waals surface area contributed by atoms with Crippen molar-refractivity contribution >= 4 is 15.7 Å². The lowest BCUT2D eigenvalue weighted by molar-refractivity contribution is 0.480. The summed E-state index contributed by atoms with van der Waals surface area (Å²) in [5, 5.41) is 0. The molecular weight excluding hydrogens is 260 g/mol. The molecule has 0 unspecified atom stereocenters. The van der Waals surface area contributed by atoms with Crippen LogP contribution < -0.4 is 10.5 Å². The monoisotopic (exact) mass is 282 g/mol. The van der Waals surface area contributed by atoms with Crippen molar-refractivity contribution in [2.45, 2.75) is 43.4 Å². The highest BCUT2D eigenvalue weighted by atomic mass is 32.2. The summed E-state index contributed by atoms with van der Waals surface area (Å²) in [6, 6.07) is 6.39. The van der Waals surface area contributed by atoms with Gasteiger partial charge in [0.05, 0.1) is 4.90 Å². The maximum Gasteiger partial charge on any atom is 0.240 e. The van der Waals surface area contributed by atoms with E-state index >= 15 is 0 Å². The lowest BCUT2D eigenvalue weighted by Gasteiger charge is -2.10. The Kier molecular flexibility index (Phi) is 4.82. The van der Waals surface area contributed by atoms with Gasteiger partial charge in [0.1, 0.15) is 0 Å². The number of nitrogen functional groups attached to an aromatic ring is 1. The minimum absolute atomic E-state index is 0.244. The summed E-state index contributed by atoms with van der Waals surface area (Å²) in [7, 11) is -3.41. The van der Waals surface area contributed by atoms with Crippen LogP contribution in [0.1, 0.15) is 38.5 Å². The van der Waals surface area contributed by atoms with Gasteiger partial charge in [-0.2, -0.15) is 0 Å². The smallest absolute Gasteiger partial charge is 0.240 e. The molecule has 106 valence electrons. The Hall–Kier alpha value is -1.07. The first-order valence-corrected chi connectivity index (χ1v) is 8.41. The molecule has 5 heteroatoms. The zero-order chi connectivity index (χ0) is 13.7. The average molecular weight is 282 g/mol. The van der Waals surface area contributed by atoms with Crippen molar-refractivity contribution in [1.82, 2.24) is 4.72 Å². The molecule has 0 aliphatic heterocycles. The van der Waals surface area contributed by atoms with Crippen molar-refractivity contribution in [1.29, 1.82) is 0 Å². The highest BCUT2D eigenvalue weighted by Crippen LogP contribution is 2.28. The second-order valence-electron chi connectivity index (χ2n) is 5.26. The van der Waals surface area contributed by atoms with Crippen LogP contribution in [0.3, 0.4) is 0 Å². The van der Waals surface area contributed by atoms with E-state index in [1.165, 1.54) is 31.7 Å². The fraction of sp³-hybridized carbons (Fsp3) is 0.571. The second-order valence-corrected chi connectivity index (χ2v) is 7.03. The molecule has 0 saturated heterocycles. The van der Waals surface area contributed by atoms with Crippen LogP contribution in [-0.4, -0.2) is 15.0 Å². The van der Waals surface area contributed by atoms with Crippen LogP contribution in [-0.2, 0) is 10.0 Å². The number of hydrogen-bond acceptors (Lipinski definition) is 3. The molecule has 0 spiro atoms.